The summed E-state index contributed by atoms with van der Waals surface area (Å²) in [4.78, 5) is 15.6. The first kappa shape index (κ1) is 15.6. The number of rotatable bonds is 1. The molecular formula is C15H15F3N4O. The lowest BCUT2D eigenvalue weighted by Crippen LogP contribution is -2.58. The second kappa shape index (κ2) is 5.13. The summed E-state index contributed by atoms with van der Waals surface area (Å²) in [5, 5.41) is 12.1. The fourth-order valence-electron chi connectivity index (χ4n) is 3.17. The number of nitriles is 1. The summed E-state index contributed by atoms with van der Waals surface area (Å²) >= 11 is 0. The maximum atomic E-state index is 13.1. The number of hydrogen-bond donors (Lipinski definition) is 1. The first-order valence-corrected chi connectivity index (χ1v) is 7.17. The molecule has 1 atom stereocenters. The van der Waals surface area contributed by atoms with Crippen molar-refractivity contribution in [1.29, 1.82) is 5.26 Å². The lowest BCUT2D eigenvalue weighted by Gasteiger charge is -2.38. The van der Waals surface area contributed by atoms with Gasteiger partial charge in [-0.1, -0.05) is 0 Å². The number of piperazine rings is 1. The van der Waals surface area contributed by atoms with Gasteiger partial charge in [0.25, 0.3) is 0 Å². The van der Waals surface area contributed by atoms with Crippen LogP contribution in [0.1, 0.15) is 18.1 Å². The minimum Gasteiger partial charge on any atom is -0.315 e. The van der Waals surface area contributed by atoms with Crippen molar-refractivity contribution >= 4 is 11.7 Å². The Morgan fingerprint density at radius 2 is 2.13 bits per heavy atom. The molecule has 0 bridgehead atoms. The molecule has 2 heterocycles. The summed E-state index contributed by atoms with van der Waals surface area (Å²) in [6.45, 7) is 4.00. The van der Waals surface area contributed by atoms with Crippen LogP contribution in [0.25, 0.3) is 0 Å². The van der Waals surface area contributed by atoms with Gasteiger partial charge in [-0.2, -0.15) is 18.4 Å². The van der Waals surface area contributed by atoms with Gasteiger partial charge in [0.15, 0.2) is 0 Å². The van der Waals surface area contributed by atoms with Gasteiger partial charge in [-0.3, -0.25) is 4.90 Å². The molecule has 2 amide bonds. The van der Waals surface area contributed by atoms with E-state index in [4.69, 9.17) is 5.26 Å². The molecule has 0 saturated carbocycles. The Balaban J connectivity index is 2.00. The number of alkyl halides is 3. The number of amides is 2. The molecule has 1 N–H and O–H groups in total. The van der Waals surface area contributed by atoms with Crippen LogP contribution in [0.3, 0.4) is 0 Å². The molecular weight excluding hydrogens is 309 g/mol. The number of halogens is 3. The van der Waals surface area contributed by atoms with Gasteiger partial charge >= 0.3 is 12.2 Å². The highest BCUT2D eigenvalue weighted by atomic mass is 19.4. The van der Waals surface area contributed by atoms with E-state index in [1.165, 1.54) is 11.0 Å². The van der Waals surface area contributed by atoms with Crippen LogP contribution in [0.4, 0.5) is 23.7 Å². The zero-order chi connectivity index (χ0) is 16.8. The quantitative estimate of drug-likeness (QED) is 0.861. The maximum Gasteiger partial charge on any atom is 0.417 e. The third-order valence-electron chi connectivity index (χ3n) is 4.37. The van der Waals surface area contributed by atoms with Gasteiger partial charge in [0.1, 0.15) is 0 Å². The zero-order valence-corrected chi connectivity index (χ0v) is 12.4. The fourth-order valence-corrected chi connectivity index (χ4v) is 3.17. The number of fused-ring (bicyclic) bond motifs is 1. The van der Waals surface area contributed by atoms with Gasteiger partial charge in [-0.25, -0.2) is 4.79 Å². The minimum atomic E-state index is -4.64. The zero-order valence-electron chi connectivity index (χ0n) is 12.4. The fraction of sp³-hybridized carbons (Fsp3) is 0.467. The lowest BCUT2D eigenvalue weighted by atomic mass is 9.99. The highest BCUT2D eigenvalue weighted by Gasteiger charge is 2.48. The van der Waals surface area contributed by atoms with Crippen molar-refractivity contribution in [3.8, 4) is 6.07 Å². The van der Waals surface area contributed by atoms with E-state index in [1.54, 1.807) is 11.0 Å². The number of carbonyl (C=O) groups is 1. The van der Waals surface area contributed by atoms with Crippen molar-refractivity contribution < 1.29 is 18.0 Å². The van der Waals surface area contributed by atoms with E-state index >= 15 is 0 Å². The monoisotopic (exact) mass is 324 g/mol. The average molecular weight is 324 g/mol. The standard InChI is InChI=1S/C15H15F3N4O/c1-14-8-20-4-5-22(14)13(23)21(9-14)11-3-2-10(7-19)12(6-11)15(16,17)18/h2-3,6,20H,4-5,8-9H2,1H3. The molecule has 1 aromatic rings. The summed E-state index contributed by atoms with van der Waals surface area (Å²) in [5.41, 5.74) is -1.74. The van der Waals surface area contributed by atoms with Crippen LogP contribution >= 0.6 is 0 Å². The van der Waals surface area contributed by atoms with Crippen molar-refractivity contribution in [2.24, 2.45) is 0 Å². The first-order chi connectivity index (χ1) is 10.8. The molecule has 0 aliphatic carbocycles. The maximum absolute atomic E-state index is 13.1. The van der Waals surface area contributed by atoms with Gasteiger partial charge in [0.2, 0.25) is 0 Å². The summed E-state index contributed by atoms with van der Waals surface area (Å²) < 4.78 is 39.3. The number of carbonyl (C=O) groups excluding carboxylic acids is 1. The van der Waals surface area contributed by atoms with Gasteiger partial charge in [-0.05, 0) is 25.1 Å². The Bertz CT molecular complexity index is 697. The summed E-state index contributed by atoms with van der Waals surface area (Å²) in [6.07, 6.45) is -4.64. The van der Waals surface area contributed by atoms with E-state index in [0.29, 0.717) is 26.2 Å². The minimum absolute atomic E-state index is 0.164. The molecule has 0 aromatic heterocycles. The second-order valence-corrected chi connectivity index (χ2v) is 6.03. The molecule has 2 fully saturated rings. The first-order valence-electron chi connectivity index (χ1n) is 7.17. The Morgan fingerprint density at radius 1 is 1.39 bits per heavy atom. The topological polar surface area (TPSA) is 59.4 Å². The molecule has 0 radical (unpaired) electrons. The normalized spacial score (nSPS) is 24.6. The van der Waals surface area contributed by atoms with Crippen molar-refractivity contribution in [2.75, 3.05) is 31.1 Å². The summed E-state index contributed by atoms with van der Waals surface area (Å²) in [7, 11) is 0. The molecule has 2 aliphatic rings. The molecule has 2 aliphatic heterocycles. The number of benzene rings is 1. The third-order valence-corrected chi connectivity index (χ3v) is 4.37. The van der Waals surface area contributed by atoms with Gasteiger partial charge < -0.3 is 10.2 Å². The number of nitrogens with zero attached hydrogens (tertiary/aromatic N) is 3. The highest BCUT2D eigenvalue weighted by Crippen LogP contribution is 2.37. The number of urea groups is 1. The SMILES string of the molecule is CC12CNCCN1C(=O)N(c1ccc(C#N)c(C(F)(F)F)c1)C2. The van der Waals surface area contributed by atoms with Crippen LogP contribution in [0.15, 0.2) is 18.2 Å². The van der Waals surface area contributed by atoms with Crippen LogP contribution < -0.4 is 10.2 Å². The van der Waals surface area contributed by atoms with Crippen molar-refractivity contribution in [3.05, 3.63) is 29.3 Å². The van der Waals surface area contributed by atoms with Gasteiger partial charge in [0, 0.05) is 25.3 Å². The van der Waals surface area contributed by atoms with Crippen LogP contribution in [0.2, 0.25) is 0 Å². The third kappa shape index (κ3) is 2.51. The highest BCUT2D eigenvalue weighted by molar-refractivity contribution is 5.95. The Morgan fingerprint density at radius 3 is 2.74 bits per heavy atom. The summed E-state index contributed by atoms with van der Waals surface area (Å²) in [6, 6.07) is 4.63. The Labute approximate surface area is 131 Å². The van der Waals surface area contributed by atoms with Crippen molar-refractivity contribution in [1.82, 2.24) is 10.2 Å². The molecule has 1 unspecified atom stereocenters. The van der Waals surface area contributed by atoms with E-state index in [0.717, 1.165) is 12.1 Å². The number of nitrogens with one attached hydrogen (secondary N) is 1. The van der Waals surface area contributed by atoms with Gasteiger partial charge in [0.05, 0.1) is 29.3 Å². The summed E-state index contributed by atoms with van der Waals surface area (Å²) in [5.74, 6) is 0. The molecule has 122 valence electrons. The molecule has 0 spiro atoms. The largest absolute Gasteiger partial charge is 0.417 e. The van der Waals surface area contributed by atoms with Crippen molar-refractivity contribution in [2.45, 2.75) is 18.6 Å². The number of anilines is 1. The molecule has 5 nitrogen and oxygen atoms in total. The van der Waals surface area contributed by atoms with Crippen LogP contribution in [-0.2, 0) is 6.18 Å². The molecule has 2 saturated heterocycles. The second-order valence-electron chi connectivity index (χ2n) is 6.03. The molecule has 3 rings (SSSR count). The van der Waals surface area contributed by atoms with E-state index < -0.39 is 22.8 Å². The molecule has 1 aromatic carbocycles. The molecule has 8 heteroatoms. The molecule has 23 heavy (non-hydrogen) atoms. The predicted molar refractivity (Wildman–Crippen MR) is 76.9 cm³/mol. The van der Waals surface area contributed by atoms with Gasteiger partial charge in [-0.15, -0.1) is 0 Å². The van der Waals surface area contributed by atoms with Crippen LogP contribution in [-0.4, -0.2) is 42.6 Å². The Kier molecular flexibility index (Phi) is 3.48. The van der Waals surface area contributed by atoms with Crippen LogP contribution in [0.5, 0.6) is 0 Å². The Hall–Kier alpha value is -2.27. The smallest absolute Gasteiger partial charge is 0.315 e. The van der Waals surface area contributed by atoms with E-state index in [2.05, 4.69) is 5.32 Å². The van der Waals surface area contributed by atoms with E-state index in [9.17, 15) is 18.0 Å². The van der Waals surface area contributed by atoms with E-state index in [1.807, 2.05) is 6.92 Å². The number of hydrogen-bond acceptors (Lipinski definition) is 3. The lowest BCUT2D eigenvalue weighted by molar-refractivity contribution is -0.137. The van der Waals surface area contributed by atoms with Crippen LogP contribution in [0, 0.1) is 11.3 Å². The average Bonchev–Trinajstić information content (AvgIpc) is 2.77. The van der Waals surface area contributed by atoms with Crippen molar-refractivity contribution in [3.63, 3.8) is 0 Å². The van der Waals surface area contributed by atoms with E-state index in [-0.39, 0.29) is 11.7 Å². The predicted octanol–water partition coefficient (Wildman–Crippen LogP) is 2.18.